The zero-order chi connectivity index (χ0) is 22.9. The van der Waals surface area contributed by atoms with Gasteiger partial charge >= 0.3 is 5.97 Å². The minimum Gasteiger partial charge on any atom is -0.461 e. The van der Waals surface area contributed by atoms with Crippen LogP contribution in [0, 0.1) is 0 Å². The normalized spacial score (nSPS) is 11.4. The van der Waals surface area contributed by atoms with Crippen molar-refractivity contribution < 1.29 is 9.53 Å². The van der Waals surface area contributed by atoms with Gasteiger partial charge < -0.3 is 14.2 Å². The van der Waals surface area contributed by atoms with Gasteiger partial charge in [0, 0.05) is 28.9 Å². The van der Waals surface area contributed by atoms with Crippen LogP contribution >= 0.6 is 11.6 Å². The van der Waals surface area contributed by atoms with Gasteiger partial charge in [-0.05, 0) is 37.2 Å². The summed E-state index contributed by atoms with van der Waals surface area (Å²) in [5.41, 5.74) is 2.72. The number of benzene rings is 2. The van der Waals surface area contributed by atoms with Crippen LogP contribution in [0.3, 0.4) is 0 Å². The van der Waals surface area contributed by atoms with Gasteiger partial charge in [0.25, 0.3) is 0 Å². The average Bonchev–Trinajstić information content (AvgIpc) is 3.13. The maximum Gasteiger partial charge on any atom is 0.355 e. The van der Waals surface area contributed by atoms with Crippen LogP contribution in [0.25, 0.3) is 22.0 Å². The maximum absolute atomic E-state index is 13.3. The van der Waals surface area contributed by atoms with Crippen molar-refractivity contribution in [3.8, 4) is 11.3 Å². The number of hydrogen-bond acceptors (Lipinski definition) is 3. The Kier molecular flexibility index (Phi) is 9.19. The van der Waals surface area contributed by atoms with E-state index in [4.69, 9.17) is 16.3 Å². The highest BCUT2D eigenvalue weighted by atomic mass is 35.5. The number of ether oxygens (including phenoxy) is 1. The fraction of sp³-hybridized carbons (Fsp3) is 0.444. The molecule has 3 rings (SSSR count). The zero-order valence-electron chi connectivity index (χ0n) is 19.6. The Morgan fingerprint density at radius 3 is 2.41 bits per heavy atom. The van der Waals surface area contributed by atoms with Gasteiger partial charge in [0.05, 0.1) is 12.3 Å². The second-order valence-electron chi connectivity index (χ2n) is 8.13. The fourth-order valence-corrected chi connectivity index (χ4v) is 4.39. The number of aromatic nitrogens is 1. The van der Waals surface area contributed by atoms with Crippen molar-refractivity contribution >= 4 is 28.3 Å². The monoisotopic (exact) mass is 454 g/mol. The molecule has 0 bridgehead atoms. The third-order valence-electron chi connectivity index (χ3n) is 6.04. The lowest BCUT2D eigenvalue weighted by molar-refractivity contribution is 0.0487. The van der Waals surface area contributed by atoms with E-state index in [-0.39, 0.29) is 5.97 Å². The molecule has 0 N–H and O–H groups in total. The van der Waals surface area contributed by atoms with Crippen molar-refractivity contribution in [3.05, 3.63) is 59.2 Å². The molecule has 0 aliphatic carbocycles. The number of likely N-dealkylation sites (N-methyl/N-ethyl adjacent to an activating group) is 1. The number of halogens is 1. The van der Waals surface area contributed by atoms with Crippen molar-refractivity contribution in [2.45, 2.75) is 53.0 Å². The number of carbonyl (C=O) groups is 1. The second kappa shape index (κ2) is 12.1. The van der Waals surface area contributed by atoms with Crippen LogP contribution in [0.2, 0.25) is 5.02 Å². The number of esters is 1. The van der Waals surface area contributed by atoms with Crippen LogP contribution in [0.4, 0.5) is 0 Å². The Balaban J connectivity index is 2.07. The van der Waals surface area contributed by atoms with E-state index in [1.165, 1.54) is 0 Å². The Bertz CT molecular complexity index is 1010. The van der Waals surface area contributed by atoms with Crippen LogP contribution in [0.1, 0.15) is 56.9 Å². The average molecular weight is 455 g/mol. The van der Waals surface area contributed by atoms with Gasteiger partial charge in [-0.1, -0.05) is 88.0 Å². The van der Waals surface area contributed by atoms with E-state index in [1.807, 2.05) is 36.4 Å². The Hall–Kier alpha value is -2.30. The molecule has 1 heterocycles. The fourth-order valence-electron chi connectivity index (χ4n) is 4.22. The molecule has 172 valence electrons. The lowest BCUT2D eigenvalue weighted by atomic mass is 10.1. The van der Waals surface area contributed by atoms with E-state index >= 15 is 0 Å². The molecule has 0 amide bonds. The molecule has 0 fully saturated rings. The Labute approximate surface area is 197 Å². The van der Waals surface area contributed by atoms with Gasteiger partial charge in [-0.25, -0.2) is 4.79 Å². The first-order valence-electron chi connectivity index (χ1n) is 11.9. The molecule has 0 spiro atoms. The summed E-state index contributed by atoms with van der Waals surface area (Å²) in [5, 5.41) is 2.54. The summed E-state index contributed by atoms with van der Waals surface area (Å²) in [4.78, 5) is 15.7. The third-order valence-corrected chi connectivity index (χ3v) is 6.27. The van der Waals surface area contributed by atoms with Gasteiger partial charge in [0.2, 0.25) is 0 Å². The Morgan fingerprint density at radius 2 is 1.72 bits per heavy atom. The van der Waals surface area contributed by atoms with E-state index in [0.717, 1.165) is 67.3 Å². The van der Waals surface area contributed by atoms with Crippen molar-refractivity contribution in [1.82, 2.24) is 9.47 Å². The largest absolute Gasteiger partial charge is 0.461 e. The van der Waals surface area contributed by atoms with Gasteiger partial charge in [0.1, 0.15) is 5.69 Å². The van der Waals surface area contributed by atoms with Crippen molar-refractivity contribution in [3.63, 3.8) is 0 Å². The first-order chi connectivity index (χ1) is 15.6. The number of fused-ring (bicyclic) bond motifs is 1. The highest BCUT2D eigenvalue weighted by Gasteiger charge is 2.24. The van der Waals surface area contributed by atoms with Crippen LogP contribution in [-0.4, -0.2) is 41.7 Å². The van der Waals surface area contributed by atoms with E-state index in [2.05, 4.69) is 42.4 Å². The lowest BCUT2D eigenvalue weighted by Crippen LogP contribution is -2.28. The molecule has 0 saturated heterocycles. The molecular weight excluding hydrogens is 420 g/mol. The third kappa shape index (κ3) is 5.73. The standard InChI is InChI=1S/C27H35ClN2O2/c1-4-7-8-12-19-32-27(31)26-23-16-15-22(28)20-24(23)25(21-13-10-9-11-14-21)30(26)18-17-29(5-2)6-3/h9-11,13-16,20H,4-8,12,17-19H2,1-3H3. The first-order valence-corrected chi connectivity index (χ1v) is 12.2. The molecule has 32 heavy (non-hydrogen) atoms. The van der Waals surface area contributed by atoms with Gasteiger partial charge in [-0.2, -0.15) is 0 Å². The molecule has 0 radical (unpaired) electrons. The van der Waals surface area contributed by atoms with E-state index in [9.17, 15) is 4.79 Å². The summed E-state index contributed by atoms with van der Waals surface area (Å²) in [6, 6.07) is 16.0. The quantitative estimate of drug-likeness (QED) is 0.217. The minimum atomic E-state index is -0.254. The van der Waals surface area contributed by atoms with Crippen LogP contribution in [0.15, 0.2) is 48.5 Å². The molecule has 0 atom stereocenters. The summed E-state index contributed by atoms with van der Waals surface area (Å²) in [5.74, 6) is -0.254. The first kappa shape index (κ1) is 24.3. The zero-order valence-corrected chi connectivity index (χ0v) is 20.3. The molecule has 0 saturated carbocycles. The summed E-state index contributed by atoms with van der Waals surface area (Å²) < 4.78 is 7.90. The summed E-state index contributed by atoms with van der Waals surface area (Å²) >= 11 is 6.39. The van der Waals surface area contributed by atoms with Gasteiger partial charge in [-0.15, -0.1) is 0 Å². The van der Waals surface area contributed by atoms with Crippen molar-refractivity contribution in [2.75, 3.05) is 26.2 Å². The van der Waals surface area contributed by atoms with E-state index in [1.54, 1.807) is 0 Å². The molecule has 2 aromatic carbocycles. The molecule has 5 heteroatoms. The summed E-state index contributed by atoms with van der Waals surface area (Å²) in [6.45, 7) is 10.5. The molecule has 4 nitrogen and oxygen atoms in total. The smallest absolute Gasteiger partial charge is 0.355 e. The number of hydrogen-bond donors (Lipinski definition) is 0. The number of unbranched alkanes of at least 4 members (excludes halogenated alkanes) is 3. The predicted molar refractivity (Wildman–Crippen MR) is 135 cm³/mol. The highest BCUT2D eigenvalue weighted by molar-refractivity contribution is 6.31. The van der Waals surface area contributed by atoms with Crippen LogP contribution in [-0.2, 0) is 11.3 Å². The van der Waals surface area contributed by atoms with Crippen LogP contribution < -0.4 is 0 Å². The van der Waals surface area contributed by atoms with E-state index in [0.29, 0.717) is 23.9 Å². The highest BCUT2D eigenvalue weighted by Crippen LogP contribution is 2.36. The van der Waals surface area contributed by atoms with Crippen molar-refractivity contribution in [1.29, 1.82) is 0 Å². The Morgan fingerprint density at radius 1 is 0.969 bits per heavy atom. The minimum absolute atomic E-state index is 0.254. The topological polar surface area (TPSA) is 34.5 Å². The summed E-state index contributed by atoms with van der Waals surface area (Å²) in [6.07, 6.45) is 4.30. The second-order valence-corrected chi connectivity index (χ2v) is 8.56. The van der Waals surface area contributed by atoms with Crippen LogP contribution in [0.5, 0.6) is 0 Å². The molecule has 0 unspecified atom stereocenters. The number of nitrogens with zero attached hydrogens (tertiary/aromatic N) is 2. The lowest BCUT2D eigenvalue weighted by Gasteiger charge is -2.21. The number of rotatable bonds is 12. The molecule has 0 aliphatic heterocycles. The SMILES string of the molecule is CCCCCCOC(=O)c1c2ccc(Cl)cc2c(-c2ccccc2)n1CCN(CC)CC. The molecule has 0 aliphatic rings. The molecular formula is C27H35ClN2O2. The predicted octanol–water partition coefficient (Wildman–Crippen LogP) is 7.04. The molecule has 3 aromatic rings. The number of carbonyl (C=O) groups excluding carboxylic acids is 1. The van der Waals surface area contributed by atoms with Gasteiger partial charge in [-0.3, -0.25) is 0 Å². The maximum atomic E-state index is 13.3. The summed E-state index contributed by atoms with van der Waals surface area (Å²) in [7, 11) is 0. The molecule has 1 aromatic heterocycles. The van der Waals surface area contributed by atoms with Crippen molar-refractivity contribution in [2.24, 2.45) is 0 Å². The van der Waals surface area contributed by atoms with Gasteiger partial charge in [0.15, 0.2) is 0 Å². The van der Waals surface area contributed by atoms with E-state index < -0.39 is 0 Å².